The normalized spacial score (nSPS) is 10.5. The minimum absolute atomic E-state index is 0.593. The van der Waals surface area contributed by atoms with Crippen LogP contribution in [0.25, 0.3) is 0 Å². The molecule has 0 amide bonds. The van der Waals surface area contributed by atoms with E-state index in [9.17, 15) is 0 Å². The number of nitrogen functional groups attached to an aromatic ring is 1. The van der Waals surface area contributed by atoms with E-state index in [0.29, 0.717) is 10.7 Å². The molecule has 0 saturated carbocycles. The van der Waals surface area contributed by atoms with Gasteiger partial charge in [-0.1, -0.05) is 35.9 Å². The van der Waals surface area contributed by atoms with E-state index >= 15 is 0 Å². The van der Waals surface area contributed by atoms with Gasteiger partial charge in [-0.2, -0.15) is 0 Å². The highest BCUT2D eigenvalue weighted by molar-refractivity contribution is 7.98. The van der Waals surface area contributed by atoms with Gasteiger partial charge in [-0.15, -0.1) is 11.8 Å². The van der Waals surface area contributed by atoms with Gasteiger partial charge in [0.25, 0.3) is 0 Å². The number of hydrogen-bond donors (Lipinski definition) is 1. The van der Waals surface area contributed by atoms with Gasteiger partial charge in [0.15, 0.2) is 0 Å². The fourth-order valence-electron chi connectivity index (χ4n) is 1.46. The zero-order chi connectivity index (χ0) is 12.3. The number of pyridine rings is 1. The summed E-state index contributed by atoms with van der Waals surface area (Å²) >= 11 is 7.70. The van der Waals surface area contributed by atoms with E-state index < -0.39 is 0 Å². The van der Waals surface area contributed by atoms with Gasteiger partial charge < -0.3 is 5.73 Å². The fourth-order valence-corrected chi connectivity index (χ4v) is 2.74. The molecule has 1 heterocycles. The minimum atomic E-state index is 0.593. The summed E-state index contributed by atoms with van der Waals surface area (Å²) in [5.74, 6) is 0.864. The van der Waals surface area contributed by atoms with Crippen LogP contribution in [-0.4, -0.2) is 4.98 Å². The Balaban J connectivity index is 2.10. The summed E-state index contributed by atoms with van der Waals surface area (Å²) in [6.07, 6.45) is 1.63. The van der Waals surface area contributed by atoms with Gasteiger partial charge in [0.05, 0.1) is 16.9 Å². The van der Waals surface area contributed by atoms with Crippen molar-refractivity contribution >= 4 is 29.1 Å². The van der Waals surface area contributed by atoms with Gasteiger partial charge in [0.2, 0.25) is 0 Å². The van der Waals surface area contributed by atoms with Crippen molar-refractivity contribution in [3.05, 3.63) is 52.7 Å². The molecule has 2 rings (SSSR count). The van der Waals surface area contributed by atoms with E-state index in [0.717, 1.165) is 10.8 Å². The van der Waals surface area contributed by atoms with Crippen LogP contribution in [0.4, 0.5) is 5.69 Å². The molecule has 17 heavy (non-hydrogen) atoms. The topological polar surface area (TPSA) is 38.9 Å². The lowest BCUT2D eigenvalue weighted by Crippen LogP contribution is -1.90. The Labute approximate surface area is 110 Å². The Morgan fingerprint density at radius 2 is 2.12 bits per heavy atom. The van der Waals surface area contributed by atoms with E-state index in [1.165, 1.54) is 11.1 Å². The second kappa shape index (κ2) is 5.43. The molecule has 0 atom stereocenters. The third-order valence-electron chi connectivity index (χ3n) is 2.45. The molecule has 0 bridgehead atoms. The first-order valence-electron chi connectivity index (χ1n) is 5.25. The maximum Gasteiger partial charge on any atom is 0.115 e. The van der Waals surface area contributed by atoms with E-state index in [4.69, 9.17) is 17.3 Å². The van der Waals surface area contributed by atoms with Gasteiger partial charge in [-0.05, 0) is 24.1 Å². The largest absolute Gasteiger partial charge is 0.397 e. The van der Waals surface area contributed by atoms with Crippen molar-refractivity contribution in [2.45, 2.75) is 17.7 Å². The van der Waals surface area contributed by atoms with Crippen molar-refractivity contribution in [1.29, 1.82) is 0 Å². The zero-order valence-electron chi connectivity index (χ0n) is 9.48. The molecule has 2 nitrogen and oxygen atoms in total. The maximum atomic E-state index is 6.07. The average molecular weight is 265 g/mol. The number of halogens is 1. The molecule has 0 radical (unpaired) electrons. The summed E-state index contributed by atoms with van der Waals surface area (Å²) in [6.45, 7) is 2.11. The highest BCUT2D eigenvalue weighted by atomic mass is 35.5. The van der Waals surface area contributed by atoms with Crippen LogP contribution in [0.5, 0.6) is 0 Å². The van der Waals surface area contributed by atoms with Crippen LogP contribution in [0.3, 0.4) is 0 Å². The number of aromatic nitrogens is 1. The van der Waals surface area contributed by atoms with Crippen molar-refractivity contribution in [2.75, 3.05) is 5.73 Å². The number of rotatable bonds is 3. The number of thioether (sulfide) groups is 1. The maximum absolute atomic E-state index is 6.07. The standard InChI is InChI=1S/C13H13ClN2S/c1-9-4-2-3-5-10(9)8-17-13-12(14)6-11(15)7-16-13/h2-7H,8,15H2,1H3. The molecular weight excluding hydrogens is 252 g/mol. The van der Waals surface area contributed by atoms with E-state index in [1.807, 2.05) is 12.1 Å². The SMILES string of the molecule is Cc1ccccc1CSc1ncc(N)cc1Cl. The van der Waals surface area contributed by atoms with Crippen molar-refractivity contribution in [2.24, 2.45) is 0 Å². The number of benzene rings is 1. The van der Waals surface area contributed by atoms with Crippen LogP contribution in [0.15, 0.2) is 41.6 Å². The van der Waals surface area contributed by atoms with Crippen LogP contribution in [0.1, 0.15) is 11.1 Å². The molecule has 0 aliphatic carbocycles. The predicted octanol–water partition coefficient (Wildman–Crippen LogP) is 3.92. The summed E-state index contributed by atoms with van der Waals surface area (Å²) in [5.41, 5.74) is 8.78. The van der Waals surface area contributed by atoms with Crippen LogP contribution < -0.4 is 5.73 Å². The predicted molar refractivity (Wildman–Crippen MR) is 74.4 cm³/mol. The Morgan fingerprint density at radius 3 is 2.82 bits per heavy atom. The lowest BCUT2D eigenvalue weighted by Gasteiger charge is -2.06. The van der Waals surface area contributed by atoms with Crippen molar-refractivity contribution in [3.8, 4) is 0 Å². The first-order valence-corrected chi connectivity index (χ1v) is 6.61. The minimum Gasteiger partial charge on any atom is -0.397 e. The smallest absolute Gasteiger partial charge is 0.115 e. The molecule has 0 saturated heterocycles. The lowest BCUT2D eigenvalue weighted by atomic mass is 10.1. The molecule has 4 heteroatoms. The van der Waals surface area contributed by atoms with Gasteiger partial charge in [0, 0.05) is 5.75 Å². The molecule has 2 N–H and O–H groups in total. The lowest BCUT2D eigenvalue weighted by molar-refractivity contribution is 1.13. The highest BCUT2D eigenvalue weighted by Crippen LogP contribution is 2.29. The van der Waals surface area contributed by atoms with Crippen LogP contribution in [0.2, 0.25) is 5.02 Å². The summed E-state index contributed by atoms with van der Waals surface area (Å²) in [7, 11) is 0. The number of anilines is 1. The Kier molecular flexibility index (Phi) is 3.92. The van der Waals surface area contributed by atoms with Crippen molar-refractivity contribution in [1.82, 2.24) is 4.98 Å². The second-order valence-electron chi connectivity index (χ2n) is 3.77. The van der Waals surface area contributed by atoms with Gasteiger partial charge in [-0.25, -0.2) is 4.98 Å². The number of aryl methyl sites for hydroxylation is 1. The third-order valence-corrected chi connectivity index (χ3v) is 3.91. The number of nitrogens with two attached hydrogens (primary N) is 1. The van der Waals surface area contributed by atoms with Crippen LogP contribution >= 0.6 is 23.4 Å². The second-order valence-corrected chi connectivity index (χ2v) is 5.14. The average Bonchev–Trinajstić information content (AvgIpc) is 2.30. The van der Waals surface area contributed by atoms with Gasteiger partial charge in [-0.3, -0.25) is 0 Å². The summed E-state index contributed by atoms with van der Waals surface area (Å²) in [5, 5.41) is 1.44. The first kappa shape index (κ1) is 12.3. The molecule has 0 aliphatic heterocycles. The highest BCUT2D eigenvalue weighted by Gasteiger charge is 2.05. The van der Waals surface area contributed by atoms with E-state index in [1.54, 1.807) is 24.0 Å². The van der Waals surface area contributed by atoms with Crippen LogP contribution in [0, 0.1) is 6.92 Å². The van der Waals surface area contributed by atoms with Gasteiger partial charge in [0.1, 0.15) is 5.03 Å². The first-order chi connectivity index (χ1) is 8.16. The summed E-state index contributed by atoms with van der Waals surface area (Å²) in [4.78, 5) is 4.23. The quantitative estimate of drug-likeness (QED) is 0.854. The van der Waals surface area contributed by atoms with Crippen LogP contribution in [-0.2, 0) is 5.75 Å². The Morgan fingerprint density at radius 1 is 1.35 bits per heavy atom. The number of nitrogens with zero attached hydrogens (tertiary/aromatic N) is 1. The molecule has 88 valence electrons. The Hall–Kier alpha value is -1.19. The van der Waals surface area contributed by atoms with E-state index in [2.05, 4.69) is 24.0 Å². The molecule has 1 aromatic heterocycles. The Bertz CT molecular complexity index is 529. The molecule has 0 aliphatic rings. The van der Waals surface area contributed by atoms with Gasteiger partial charge >= 0.3 is 0 Å². The zero-order valence-corrected chi connectivity index (χ0v) is 11.1. The molecule has 0 unspecified atom stereocenters. The molecular formula is C13H13ClN2S. The molecule has 2 aromatic rings. The summed E-state index contributed by atoms with van der Waals surface area (Å²) in [6, 6.07) is 10.0. The third kappa shape index (κ3) is 3.14. The summed E-state index contributed by atoms with van der Waals surface area (Å²) < 4.78 is 0. The van der Waals surface area contributed by atoms with Crippen molar-refractivity contribution in [3.63, 3.8) is 0 Å². The molecule has 0 fully saturated rings. The monoisotopic (exact) mass is 264 g/mol. The molecule has 1 aromatic carbocycles. The fraction of sp³-hybridized carbons (Fsp3) is 0.154. The van der Waals surface area contributed by atoms with Crippen molar-refractivity contribution < 1.29 is 0 Å². The number of hydrogen-bond acceptors (Lipinski definition) is 3. The molecule has 0 spiro atoms. The van der Waals surface area contributed by atoms with E-state index in [-0.39, 0.29) is 0 Å².